The van der Waals surface area contributed by atoms with E-state index < -0.39 is 5.97 Å². The molecule has 3 aliphatic rings. The molecule has 2 aromatic rings. The van der Waals surface area contributed by atoms with Gasteiger partial charge in [-0.3, -0.25) is 9.59 Å². The van der Waals surface area contributed by atoms with Gasteiger partial charge in [0.1, 0.15) is 5.75 Å². The van der Waals surface area contributed by atoms with Crippen molar-refractivity contribution < 1.29 is 19.1 Å². The molecule has 140 valence electrons. The molecular weight excluding hydrogens is 378 g/mol. The zero-order valence-electron chi connectivity index (χ0n) is 14.7. The number of nitrogens with zero attached hydrogens (tertiary/aromatic N) is 1. The predicted octanol–water partition coefficient (Wildman–Crippen LogP) is 3.87. The number of benzene rings is 2. The molecule has 28 heavy (non-hydrogen) atoms. The fraction of sp³-hybridized carbons (Fsp3) is 0.227. The Labute approximate surface area is 166 Å². The summed E-state index contributed by atoms with van der Waals surface area (Å²) in [5.74, 6) is -0.967. The van der Waals surface area contributed by atoms with Gasteiger partial charge in [-0.2, -0.15) is 0 Å². The number of halogens is 1. The fourth-order valence-corrected chi connectivity index (χ4v) is 4.79. The SMILES string of the molecule is O=C(Oc1ccccc1Cl)c1cccc(N2C(=O)[C@@H]3[C@H](C2=O)[C@H]2C=C[C@H]3C2)c1. The van der Waals surface area contributed by atoms with Crippen LogP contribution in [0.3, 0.4) is 0 Å². The number of carbonyl (C=O) groups is 3. The number of esters is 1. The minimum absolute atomic E-state index is 0.143. The summed E-state index contributed by atoms with van der Waals surface area (Å²) in [5.41, 5.74) is 0.647. The van der Waals surface area contributed by atoms with Crippen molar-refractivity contribution in [2.45, 2.75) is 6.42 Å². The Morgan fingerprint density at radius 2 is 1.64 bits per heavy atom. The first kappa shape index (κ1) is 17.2. The smallest absolute Gasteiger partial charge is 0.343 e. The summed E-state index contributed by atoms with van der Waals surface area (Å²) in [5, 5.41) is 0.327. The lowest BCUT2D eigenvalue weighted by Crippen LogP contribution is -2.33. The van der Waals surface area contributed by atoms with Gasteiger partial charge in [0.05, 0.1) is 28.1 Å². The highest BCUT2D eigenvalue weighted by molar-refractivity contribution is 6.32. The molecule has 2 fully saturated rings. The molecule has 1 heterocycles. The van der Waals surface area contributed by atoms with Crippen LogP contribution in [0.1, 0.15) is 16.8 Å². The molecule has 5 nitrogen and oxygen atoms in total. The predicted molar refractivity (Wildman–Crippen MR) is 103 cm³/mol. The maximum Gasteiger partial charge on any atom is 0.343 e. The number of para-hydroxylation sites is 1. The van der Waals surface area contributed by atoms with E-state index in [0.717, 1.165) is 6.42 Å². The quantitative estimate of drug-likeness (QED) is 0.343. The molecular formula is C22H16ClNO4. The number of hydrogen-bond donors (Lipinski definition) is 0. The van der Waals surface area contributed by atoms with E-state index in [-0.39, 0.29) is 46.8 Å². The molecule has 2 aliphatic carbocycles. The zero-order chi connectivity index (χ0) is 19.4. The number of imide groups is 1. The monoisotopic (exact) mass is 393 g/mol. The van der Waals surface area contributed by atoms with Gasteiger partial charge in [-0.1, -0.05) is 42.0 Å². The summed E-state index contributed by atoms with van der Waals surface area (Å²) in [4.78, 5) is 39.6. The molecule has 6 heteroatoms. The zero-order valence-corrected chi connectivity index (χ0v) is 15.5. The highest BCUT2D eigenvalue weighted by atomic mass is 35.5. The second-order valence-corrected chi connectivity index (χ2v) is 7.79. The number of hydrogen-bond acceptors (Lipinski definition) is 4. The van der Waals surface area contributed by atoms with Gasteiger partial charge in [-0.25, -0.2) is 9.69 Å². The van der Waals surface area contributed by atoms with Crippen LogP contribution >= 0.6 is 11.6 Å². The van der Waals surface area contributed by atoms with Crippen LogP contribution in [0.2, 0.25) is 5.02 Å². The molecule has 1 saturated heterocycles. The van der Waals surface area contributed by atoms with E-state index in [2.05, 4.69) is 12.2 Å². The molecule has 2 aromatic carbocycles. The van der Waals surface area contributed by atoms with Crippen LogP contribution in [0.15, 0.2) is 60.7 Å². The Kier molecular flexibility index (Phi) is 3.88. The largest absolute Gasteiger partial charge is 0.421 e. The van der Waals surface area contributed by atoms with Crippen molar-refractivity contribution in [1.29, 1.82) is 0 Å². The Bertz CT molecular complexity index is 1020. The van der Waals surface area contributed by atoms with Crippen LogP contribution in [0, 0.1) is 23.7 Å². The first-order chi connectivity index (χ1) is 13.5. The van der Waals surface area contributed by atoms with Crippen molar-refractivity contribution in [1.82, 2.24) is 0 Å². The number of amides is 2. The van der Waals surface area contributed by atoms with E-state index >= 15 is 0 Å². The Balaban J connectivity index is 1.42. The summed E-state index contributed by atoms with van der Waals surface area (Å²) < 4.78 is 5.35. The minimum Gasteiger partial charge on any atom is -0.421 e. The maximum absolute atomic E-state index is 12.9. The van der Waals surface area contributed by atoms with Crippen LogP contribution in [-0.2, 0) is 9.59 Å². The molecule has 0 aromatic heterocycles. The van der Waals surface area contributed by atoms with E-state index in [4.69, 9.17) is 16.3 Å². The second-order valence-electron chi connectivity index (χ2n) is 7.38. The van der Waals surface area contributed by atoms with Crippen molar-refractivity contribution in [3.63, 3.8) is 0 Å². The third kappa shape index (κ3) is 2.50. The Morgan fingerprint density at radius 1 is 0.964 bits per heavy atom. The topological polar surface area (TPSA) is 63.7 Å². The second kappa shape index (κ2) is 6.31. The van der Waals surface area contributed by atoms with Crippen molar-refractivity contribution in [3.05, 3.63) is 71.3 Å². The molecule has 0 radical (unpaired) electrons. The van der Waals surface area contributed by atoms with Crippen molar-refractivity contribution in [3.8, 4) is 5.75 Å². The van der Waals surface area contributed by atoms with Crippen molar-refractivity contribution >= 4 is 35.1 Å². The lowest BCUT2D eigenvalue weighted by atomic mass is 9.85. The summed E-state index contributed by atoms with van der Waals surface area (Å²) in [6, 6.07) is 13.1. The number of rotatable bonds is 3. The van der Waals surface area contributed by atoms with Gasteiger partial charge in [0.2, 0.25) is 11.8 Å². The highest BCUT2D eigenvalue weighted by Gasteiger charge is 2.59. The molecule has 5 rings (SSSR count). The standard InChI is InChI=1S/C22H16ClNO4/c23-16-6-1-2-7-17(16)28-22(27)14-4-3-5-15(11-14)24-20(25)18-12-8-9-13(10-12)19(18)21(24)26/h1-9,11-13,18-19H,10H2/t12-,13-,18-,19+/m0/s1. The first-order valence-corrected chi connectivity index (χ1v) is 9.55. The normalized spacial score (nSPS) is 27.4. The molecule has 0 N–H and O–H groups in total. The van der Waals surface area contributed by atoms with Gasteiger partial charge in [0.15, 0.2) is 0 Å². The average Bonchev–Trinajstić information content (AvgIpc) is 3.37. The van der Waals surface area contributed by atoms with Crippen molar-refractivity contribution in [2.75, 3.05) is 4.90 Å². The number of carbonyl (C=O) groups excluding carboxylic acids is 3. The van der Waals surface area contributed by atoms with E-state index in [1.165, 1.54) is 11.0 Å². The third-order valence-electron chi connectivity index (χ3n) is 5.85. The maximum atomic E-state index is 12.9. The van der Waals surface area contributed by atoms with Gasteiger partial charge < -0.3 is 4.74 Å². The van der Waals surface area contributed by atoms with Gasteiger partial charge >= 0.3 is 5.97 Å². The van der Waals surface area contributed by atoms with Crippen LogP contribution in [0.5, 0.6) is 5.75 Å². The number of ether oxygens (including phenoxy) is 1. The summed E-state index contributed by atoms with van der Waals surface area (Å²) in [7, 11) is 0. The molecule has 4 atom stereocenters. The van der Waals surface area contributed by atoms with E-state index in [9.17, 15) is 14.4 Å². The van der Waals surface area contributed by atoms with Gasteiger partial charge in [-0.05, 0) is 48.6 Å². The van der Waals surface area contributed by atoms with Crippen LogP contribution < -0.4 is 9.64 Å². The van der Waals surface area contributed by atoms with Crippen LogP contribution in [-0.4, -0.2) is 17.8 Å². The van der Waals surface area contributed by atoms with Gasteiger partial charge in [-0.15, -0.1) is 0 Å². The summed E-state index contributed by atoms with van der Waals surface area (Å²) >= 11 is 6.04. The molecule has 2 bridgehead atoms. The van der Waals surface area contributed by atoms with Gasteiger partial charge in [0.25, 0.3) is 0 Å². The molecule has 0 spiro atoms. The Morgan fingerprint density at radius 3 is 2.32 bits per heavy atom. The number of allylic oxidation sites excluding steroid dienone is 2. The average molecular weight is 394 g/mol. The van der Waals surface area contributed by atoms with Gasteiger partial charge in [0, 0.05) is 0 Å². The molecule has 2 amide bonds. The molecule has 1 aliphatic heterocycles. The van der Waals surface area contributed by atoms with E-state index in [1.54, 1.807) is 42.5 Å². The van der Waals surface area contributed by atoms with Crippen LogP contribution in [0.4, 0.5) is 5.69 Å². The highest BCUT2D eigenvalue weighted by Crippen LogP contribution is 2.53. The lowest BCUT2D eigenvalue weighted by molar-refractivity contribution is -0.123. The number of anilines is 1. The minimum atomic E-state index is -0.601. The lowest BCUT2D eigenvalue weighted by Gasteiger charge is -2.18. The third-order valence-corrected chi connectivity index (χ3v) is 6.16. The summed E-state index contributed by atoms with van der Waals surface area (Å²) in [6.45, 7) is 0. The van der Waals surface area contributed by atoms with E-state index in [1.807, 2.05) is 0 Å². The first-order valence-electron chi connectivity index (χ1n) is 9.17. The molecule has 1 saturated carbocycles. The van der Waals surface area contributed by atoms with Crippen molar-refractivity contribution in [2.24, 2.45) is 23.7 Å². The fourth-order valence-electron chi connectivity index (χ4n) is 4.62. The number of fused-ring (bicyclic) bond motifs is 5. The Hall–Kier alpha value is -2.92. The van der Waals surface area contributed by atoms with Crippen LogP contribution in [0.25, 0.3) is 0 Å². The van der Waals surface area contributed by atoms with E-state index in [0.29, 0.717) is 10.7 Å². The summed E-state index contributed by atoms with van der Waals surface area (Å²) in [6.07, 6.45) is 4.99. The molecule has 0 unspecified atom stereocenters.